The Bertz CT molecular complexity index is 779. The minimum absolute atomic E-state index is 0.175. The maximum atomic E-state index is 13.8. The van der Waals surface area contributed by atoms with Crippen LogP contribution in [0.3, 0.4) is 0 Å². The van der Waals surface area contributed by atoms with E-state index in [1.807, 2.05) is 4.90 Å². The van der Waals surface area contributed by atoms with Gasteiger partial charge in [0, 0.05) is 39.4 Å². The molecule has 1 aromatic carbocycles. The van der Waals surface area contributed by atoms with Crippen LogP contribution in [-0.4, -0.2) is 41.6 Å². The highest BCUT2D eigenvalue weighted by atomic mass is 19.1. The number of piperazine rings is 1. The van der Waals surface area contributed by atoms with E-state index in [1.165, 1.54) is 10.6 Å². The molecule has 23 heavy (non-hydrogen) atoms. The second kappa shape index (κ2) is 6.24. The van der Waals surface area contributed by atoms with Crippen LogP contribution in [0.25, 0.3) is 0 Å². The second-order valence-corrected chi connectivity index (χ2v) is 5.57. The highest BCUT2D eigenvalue weighted by Crippen LogP contribution is 2.20. The van der Waals surface area contributed by atoms with E-state index in [0.29, 0.717) is 31.9 Å². The number of carbonyl (C=O) groups is 1. The van der Waals surface area contributed by atoms with Crippen LogP contribution in [0.15, 0.2) is 47.4 Å². The van der Waals surface area contributed by atoms with Crippen LogP contribution in [0.1, 0.15) is 10.4 Å². The number of pyridine rings is 1. The summed E-state index contributed by atoms with van der Waals surface area (Å²) in [5.41, 5.74) is 0.429. The van der Waals surface area contributed by atoms with Crippen LogP contribution in [0.2, 0.25) is 0 Å². The third-order valence-electron chi connectivity index (χ3n) is 4.11. The van der Waals surface area contributed by atoms with Gasteiger partial charge >= 0.3 is 0 Å². The molecule has 0 radical (unpaired) electrons. The first-order valence-electron chi connectivity index (χ1n) is 7.52. The monoisotopic (exact) mass is 315 g/mol. The normalized spacial score (nSPS) is 14.9. The Balaban J connectivity index is 1.72. The molecule has 0 N–H and O–H groups in total. The van der Waals surface area contributed by atoms with Crippen LogP contribution in [0.4, 0.5) is 10.1 Å². The van der Waals surface area contributed by atoms with Crippen molar-refractivity contribution in [2.24, 2.45) is 7.05 Å². The highest BCUT2D eigenvalue weighted by Gasteiger charge is 2.25. The molecule has 1 aromatic heterocycles. The van der Waals surface area contributed by atoms with Gasteiger partial charge in [0.05, 0.1) is 5.69 Å². The van der Waals surface area contributed by atoms with Gasteiger partial charge < -0.3 is 14.4 Å². The van der Waals surface area contributed by atoms with Gasteiger partial charge in [-0.05, 0) is 24.3 Å². The van der Waals surface area contributed by atoms with Gasteiger partial charge in [0.1, 0.15) is 11.4 Å². The summed E-state index contributed by atoms with van der Waals surface area (Å²) in [7, 11) is 1.62. The molecule has 1 aliphatic heterocycles. The van der Waals surface area contributed by atoms with Crippen molar-refractivity contribution < 1.29 is 9.18 Å². The van der Waals surface area contributed by atoms with E-state index in [0.717, 1.165) is 0 Å². The smallest absolute Gasteiger partial charge is 0.263 e. The van der Waals surface area contributed by atoms with Crippen LogP contribution in [0.5, 0.6) is 0 Å². The van der Waals surface area contributed by atoms with Gasteiger partial charge in [-0.3, -0.25) is 9.59 Å². The second-order valence-electron chi connectivity index (χ2n) is 5.57. The lowest BCUT2D eigenvalue weighted by Crippen LogP contribution is -2.50. The Hall–Kier alpha value is -2.63. The fourth-order valence-electron chi connectivity index (χ4n) is 2.79. The van der Waals surface area contributed by atoms with E-state index < -0.39 is 0 Å². The number of para-hydroxylation sites is 1. The molecule has 5 nitrogen and oxygen atoms in total. The Morgan fingerprint density at radius 3 is 2.43 bits per heavy atom. The summed E-state index contributed by atoms with van der Waals surface area (Å²) in [4.78, 5) is 28.1. The van der Waals surface area contributed by atoms with E-state index in [-0.39, 0.29) is 22.8 Å². The standard InChI is InChI=1S/C17H18FN3O2/c1-19-8-4-5-13(16(19)22)17(23)21-11-9-20(10-12-21)15-7-3-2-6-14(15)18/h2-8H,9-12H2,1H3. The summed E-state index contributed by atoms with van der Waals surface area (Å²) in [5.74, 6) is -0.524. The van der Waals surface area contributed by atoms with Crippen LogP contribution >= 0.6 is 0 Å². The average Bonchev–Trinajstić information content (AvgIpc) is 2.57. The molecule has 0 aliphatic carbocycles. The van der Waals surface area contributed by atoms with Gasteiger partial charge in [0.2, 0.25) is 0 Å². The maximum absolute atomic E-state index is 13.8. The van der Waals surface area contributed by atoms with E-state index in [2.05, 4.69) is 0 Å². The first-order valence-corrected chi connectivity index (χ1v) is 7.52. The summed E-state index contributed by atoms with van der Waals surface area (Å²) in [6.45, 7) is 2.01. The maximum Gasteiger partial charge on any atom is 0.263 e. The summed E-state index contributed by atoms with van der Waals surface area (Å²) in [5, 5.41) is 0. The Kier molecular flexibility index (Phi) is 4.14. The van der Waals surface area contributed by atoms with Crippen LogP contribution < -0.4 is 10.5 Å². The number of aromatic nitrogens is 1. The van der Waals surface area contributed by atoms with Gasteiger partial charge in [0.25, 0.3) is 11.5 Å². The number of rotatable bonds is 2. The third-order valence-corrected chi connectivity index (χ3v) is 4.11. The molecule has 120 valence electrons. The Morgan fingerprint density at radius 2 is 1.74 bits per heavy atom. The van der Waals surface area contributed by atoms with Gasteiger partial charge in [-0.15, -0.1) is 0 Å². The molecule has 2 heterocycles. The lowest BCUT2D eigenvalue weighted by Gasteiger charge is -2.36. The number of anilines is 1. The molecule has 2 aromatic rings. The topological polar surface area (TPSA) is 45.6 Å². The minimum Gasteiger partial charge on any atom is -0.366 e. The molecule has 1 fully saturated rings. The first kappa shape index (κ1) is 15.3. The number of nitrogens with zero attached hydrogens (tertiary/aromatic N) is 3. The summed E-state index contributed by atoms with van der Waals surface area (Å²) in [6, 6.07) is 9.85. The van der Waals surface area contributed by atoms with Crippen LogP contribution in [0, 0.1) is 5.82 Å². The predicted octanol–water partition coefficient (Wildman–Crippen LogP) is 1.49. The fraction of sp³-hybridized carbons (Fsp3) is 0.294. The van der Waals surface area contributed by atoms with Crippen molar-refractivity contribution in [1.29, 1.82) is 0 Å². The number of carbonyl (C=O) groups excluding carboxylic acids is 1. The molecular weight excluding hydrogens is 297 g/mol. The van der Waals surface area contributed by atoms with E-state index >= 15 is 0 Å². The summed E-state index contributed by atoms with van der Waals surface area (Å²) in [6.07, 6.45) is 1.62. The minimum atomic E-state index is -0.297. The zero-order chi connectivity index (χ0) is 16.4. The largest absolute Gasteiger partial charge is 0.366 e. The van der Waals surface area contributed by atoms with Crippen molar-refractivity contribution in [2.45, 2.75) is 0 Å². The molecule has 6 heteroatoms. The fourth-order valence-corrected chi connectivity index (χ4v) is 2.79. The Morgan fingerprint density at radius 1 is 1.04 bits per heavy atom. The molecule has 0 unspecified atom stereocenters. The van der Waals surface area contributed by atoms with Crippen molar-refractivity contribution in [2.75, 3.05) is 31.1 Å². The molecule has 0 atom stereocenters. The van der Waals surface area contributed by atoms with Crippen molar-refractivity contribution in [3.63, 3.8) is 0 Å². The molecule has 1 amide bonds. The van der Waals surface area contributed by atoms with E-state index in [4.69, 9.17) is 0 Å². The van der Waals surface area contributed by atoms with Crippen LogP contribution in [-0.2, 0) is 7.05 Å². The highest BCUT2D eigenvalue weighted by molar-refractivity contribution is 5.94. The lowest BCUT2D eigenvalue weighted by molar-refractivity contribution is 0.0744. The number of benzene rings is 1. The quantitative estimate of drug-likeness (QED) is 0.843. The predicted molar refractivity (Wildman–Crippen MR) is 86.2 cm³/mol. The zero-order valence-electron chi connectivity index (χ0n) is 12.9. The third kappa shape index (κ3) is 2.97. The lowest BCUT2D eigenvalue weighted by atomic mass is 10.2. The zero-order valence-corrected chi connectivity index (χ0v) is 12.9. The molecule has 3 rings (SSSR count). The van der Waals surface area contributed by atoms with Crippen molar-refractivity contribution in [3.8, 4) is 0 Å². The van der Waals surface area contributed by atoms with E-state index in [9.17, 15) is 14.0 Å². The van der Waals surface area contributed by atoms with E-state index in [1.54, 1.807) is 48.5 Å². The number of halogens is 1. The van der Waals surface area contributed by atoms with Gasteiger partial charge in [-0.25, -0.2) is 4.39 Å². The number of amides is 1. The molecule has 1 saturated heterocycles. The number of hydrogen-bond acceptors (Lipinski definition) is 3. The van der Waals surface area contributed by atoms with Gasteiger partial charge in [-0.2, -0.15) is 0 Å². The SMILES string of the molecule is Cn1cccc(C(=O)N2CCN(c3ccccc3F)CC2)c1=O. The average molecular weight is 315 g/mol. The summed E-state index contributed by atoms with van der Waals surface area (Å²) >= 11 is 0. The van der Waals surface area contributed by atoms with Crippen molar-refractivity contribution in [1.82, 2.24) is 9.47 Å². The first-order chi connectivity index (χ1) is 11.1. The molecule has 0 spiro atoms. The Labute approximate surface area is 133 Å². The van der Waals surface area contributed by atoms with Crippen molar-refractivity contribution >= 4 is 11.6 Å². The molecule has 0 bridgehead atoms. The van der Waals surface area contributed by atoms with Gasteiger partial charge in [-0.1, -0.05) is 12.1 Å². The van der Waals surface area contributed by atoms with Crippen molar-refractivity contribution in [3.05, 3.63) is 64.3 Å². The summed E-state index contributed by atoms with van der Waals surface area (Å²) < 4.78 is 15.2. The number of hydrogen-bond donors (Lipinski definition) is 0. The number of aryl methyl sites for hydroxylation is 1. The molecule has 0 saturated carbocycles. The molecular formula is C17H18FN3O2. The molecule has 1 aliphatic rings. The van der Waals surface area contributed by atoms with Gasteiger partial charge in [0.15, 0.2) is 0 Å².